The van der Waals surface area contributed by atoms with Crippen molar-refractivity contribution in [3.8, 4) is 0 Å². The van der Waals surface area contributed by atoms with Gasteiger partial charge in [0, 0.05) is 10.4 Å². The van der Waals surface area contributed by atoms with Gasteiger partial charge in [-0.3, -0.25) is 8.42 Å². The smallest absolute Gasteiger partial charge is 0.759 e. The van der Waals surface area contributed by atoms with Crippen molar-refractivity contribution < 1.29 is 17.5 Å². The molecular weight excluding hydrogens is 371 g/mol. The molecule has 0 amide bonds. The largest absolute Gasteiger partial charge is 2.00 e. The minimum Gasteiger partial charge on any atom is -0.759 e. The summed E-state index contributed by atoms with van der Waals surface area (Å²) < 4.78 is 34.1. The first kappa shape index (κ1) is 16.5. The minimum absolute atomic E-state index is 0. The molecule has 0 aliphatic carbocycles. The van der Waals surface area contributed by atoms with Crippen LogP contribution < -0.4 is 0 Å². The molecular formula is Ba2O4S+2. The maximum Gasteiger partial charge on any atom is 2.00 e. The van der Waals surface area contributed by atoms with Gasteiger partial charge in [-0.15, -0.1) is 0 Å². The summed E-state index contributed by atoms with van der Waals surface area (Å²) in [5, 5.41) is 0. The Morgan fingerprint density at radius 2 is 1.00 bits per heavy atom. The first-order valence-electron chi connectivity index (χ1n) is 0.667. The van der Waals surface area contributed by atoms with Crippen molar-refractivity contribution in [3.63, 3.8) is 0 Å². The van der Waals surface area contributed by atoms with E-state index < -0.39 is 10.4 Å². The topological polar surface area (TPSA) is 80.3 Å². The van der Waals surface area contributed by atoms with Gasteiger partial charge in [-0.1, -0.05) is 0 Å². The Labute approximate surface area is 122 Å². The molecule has 0 bridgehead atoms. The zero-order valence-corrected chi connectivity index (χ0v) is 13.2. The zero-order chi connectivity index (χ0) is 4.50. The van der Waals surface area contributed by atoms with Crippen molar-refractivity contribution in [2.45, 2.75) is 0 Å². The summed E-state index contributed by atoms with van der Waals surface area (Å²) in [6, 6.07) is 0. The summed E-state index contributed by atoms with van der Waals surface area (Å²) in [7, 11) is -5.17. The van der Waals surface area contributed by atoms with Crippen LogP contribution in [0.1, 0.15) is 0 Å². The predicted molar refractivity (Wildman–Crippen MR) is 22.0 cm³/mol. The molecule has 0 fully saturated rings. The molecule has 7 heavy (non-hydrogen) atoms. The van der Waals surface area contributed by atoms with Crippen molar-refractivity contribution >= 4 is 108 Å². The SMILES string of the molecule is O=S(=O)([O-])[O-].[Ba+2].[Ba+2]. The third-order valence-electron chi connectivity index (χ3n) is 0. The summed E-state index contributed by atoms with van der Waals surface area (Å²) >= 11 is 0. The monoisotopic (exact) mass is 372 g/mol. The fourth-order valence-corrected chi connectivity index (χ4v) is 0. The Kier molecular flexibility index (Phi) is 16.8. The van der Waals surface area contributed by atoms with Gasteiger partial charge in [-0.2, -0.15) is 0 Å². The summed E-state index contributed by atoms with van der Waals surface area (Å²) in [5.74, 6) is 0. The predicted octanol–water partition coefficient (Wildman–Crippen LogP) is -2.10. The molecule has 0 spiro atoms. The van der Waals surface area contributed by atoms with Crippen LogP contribution in [0.15, 0.2) is 0 Å². The second-order valence-electron chi connectivity index (χ2n) is 0.408. The van der Waals surface area contributed by atoms with Gasteiger partial charge in [0.05, 0.1) is 0 Å². The third kappa shape index (κ3) is 48.8. The molecule has 0 unspecified atom stereocenters. The molecule has 0 aromatic carbocycles. The van der Waals surface area contributed by atoms with E-state index in [1.807, 2.05) is 0 Å². The average molecular weight is 371 g/mol. The fraction of sp³-hybridized carbons (Fsp3) is 0. The average Bonchev–Trinajstić information content (AvgIpc) is 0.722. The summed E-state index contributed by atoms with van der Waals surface area (Å²) in [6.45, 7) is 0. The van der Waals surface area contributed by atoms with E-state index in [2.05, 4.69) is 0 Å². The van der Waals surface area contributed by atoms with E-state index >= 15 is 0 Å². The summed E-state index contributed by atoms with van der Waals surface area (Å²) in [4.78, 5) is 0. The standard InChI is InChI=1S/2Ba.H2O4S/c;;1-5(2,3)4/h;;(H2,1,2,3,4)/q2*+2;/p-2. The molecule has 0 atom stereocenters. The molecule has 0 N–H and O–H groups in total. The molecule has 0 aromatic rings. The second kappa shape index (κ2) is 7.12. The Hall–Kier alpha value is 3.01. The zero-order valence-electron chi connectivity index (χ0n) is 3.46. The molecule has 7 heteroatoms. The molecule has 0 aliphatic heterocycles. The van der Waals surface area contributed by atoms with Gasteiger partial charge in [-0.05, 0) is 0 Å². The van der Waals surface area contributed by atoms with E-state index in [0.29, 0.717) is 0 Å². The summed E-state index contributed by atoms with van der Waals surface area (Å²) in [5.41, 5.74) is 0. The van der Waals surface area contributed by atoms with Crippen LogP contribution in [-0.2, 0) is 10.4 Å². The van der Waals surface area contributed by atoms with E-state index in [4.69, 9.17) is 17.5 Å². The molecule has 32 valence electrons. The van der Waals surface area contributed by atoms with Crippen molar-refractivity contribution in [2.75, 3.05) is 0 Å². The van der Waals surface area contributed by atoms with Crippen LogP contribution in [0.2, 0.25) is 0 Å². The molecule has 0 saturated heterocycles. The van der Waals surface area contributed by atoms with Crippen LogP contribution in [0.5, 0.6) is 0 Å². The molecule has 0 saturated carbocycles. The first-order chi connectivity index (χ1) is 2.00. The fourth-order valence-electron chi connectivity index (χ4n) is 0. The molecule has 0 rings (SSSR count). The molecule has 4 nitrogen and oxygen atoms in total. The van der Waals surface area contributed by atoms with Crippen molar-refractivity contribution in [2.24, 2.45) is 0 Å². The van der Waals surface area contributed by atoms with Crippen LogP contribution in [-0.4, -0.2) is 115 Å². The third-order valence-corrected chi connectivity index (χ3v) is 0. The van der Waals surface area contributed by atoms with E-state index in [1.54, 1.807) is 0 Å². The van der Waals surface area contributed by atoms with Crippen LogP contribution in [0.25, 0.3) is 0 Å². The maximum absolute atomic E-state index is 8.52. The van der Waals surface area contributed by atoms with E-state index in [1.165, 1.54) is 0 Å². The van der Waals surface area contributed by atoms with Crippen LogP contribution in [0, 0.1) is 0 Å². The van der Waals surface area contributed by atoms with E-state index in [0.717, 1.165) is 0 Å². The Morgan fingerprint density at radius 1 is 1.00 bits per heavy atom. The van der Waals surface area contributed by atoms with Crippen molar-refractivity contribution in [1.29, 1.82) is 0 Å². The number of hydrogen-bond acceptors (Lipinski definition) is 4. The van der Waals surface area contributed by atoms with Crippen LogP contribution in [0.3, 0.4) is 0 Å². The molecule has 0 heterocycles. The van der Waals surface area contributed by atoms with Crippen LogP contribution >= 0.6 is 0 Å². The Morgan fingerprint density at radius 3 is 1.00 bits per heavy atom. The normalized spacial score (nSPS) is 8.29. The van der Waals surface area contributed by atoms with E-state index in [9.17, 15) is 0 Å². The number of hydrogen-bond donors (Lipinski definition) is 0. The quantitative estimate of drug-likeness (QED) is 0.278. The molecule has 0 aliphatic rings. The summed E-state index contributed by atoms with van der Waals surface area (Å²) in [6.07, 6.45) is 0. The Balaban J connectivity index is -0.0000000800. The van der Waals surface area contributed by atoms with Gasteiger partial charge in [0.25, 0.3) is 0 Å². The van der Waals surface area contributed by atoms with Gasteiger partial charge in [0.1, 0.15) is 0 Å². The van der Waals surface area contributed by atoms with E-state index in [-0.39, 0.29) is 97.8 Å². The van der Waals surface area contributed by atoms with Gasteiger partial charge in [-0.25, -0.2) is 0 Å². The molecule has 0 radical (unpaired) electrons. The van der Waals surface area contributed by atoms with Crippen molar-refractivity contribution in [1.82, 2.24) is 0 Å². The second-order valence-corrected chi connectivity index (χ2v) is 1.22. The van der Waals surface area contributed by atoms with Gasteiger partial charge >= 0.3 is 97.8 Å². The number of rotatable bonds is 0. The van der Waals surface area contributed by atoms with Crippen molar-refractivity contribution in [3.05, 3.63) is 0 Å². The first-order valence-corrected chi connectivity index (χ1v) is 2.00. The minimum atomic E-state index is -5.17. The van der Waals surface area contributed by atoms with Gasteiger partial charge in [0.15, 0.2) is 0 Å². The van der Waals surface area contributed by atoms with Gasteiger partial charge in [0.2, 0.25) is 0 Å². The van der Waals surface area contributed by atoms with Gasteiger partial charge < -0.3 is 9.11 Å². The molecule has 0 aromatic heterocycles. The maximum atomic E-state index is 8.52. The Bertz CT molecular complexity index is 92.9. The van der Waals surface area contributed by atoms with Crippen LogP contribution in [0.4, 0.5) is 0 Å².